The monoisotopic (exact) mass is 386 g/mol. The lowest BCUT2D eigenvalue weighted by Crippen LogP contribution is -2.39. The molecule has 0 atom stereocenters. The zero-order chi connectivity index (χ0) is 20.0. The topological polar surface area (TPSA) is 75.2 Å². The number of nitrogens with one attached hydrogen (secondary N) is 1. The van der Waals surface area contributed by atoms with E-state index in [2.05, 4.69) is 21.4 Å². The predicted octanol–water partition coefficient (Wildman–Crippen LogP) is 3.02. The lowest BCUT2D eigenvalue weighted by atomic mass is 10.0. The predicted molar refractivity (Wildman–Crippen MR) is 108 cm³/mol. The molecule has 2 aromatic rings. The number of amides is 2. The van der Waals surface area contributed by atoms with Gasteiger partial charge in [0, 0.05) is 24.7 Å². The standard InChI is InChI=1S/C20H26N4O2S/c1-13(2)19-16(9-22-12-23-19)20(26)24(11-18(25)21-4)10-15-7-6-14(3)8-17(15)27-5/h6-9,12-13H,10-11H2,1-5H3,(H,21,25). The fourth-order valence-electron chi connectivity index (χ4n) is 2.77. The molecule has 2 rings (SSSR count). The third-order valence-electron chi connectivity index (χ3n) is 4.22. The minimum Gasteiger partial charge on any atom is -0.358 e. The molecule has 1 heterocycles. The first-order valence-corrected chi connectivity index (χ1v) is 10.0. The van der Waals surface area contributed by atoms with E-state index in [-0.39, 0.29) is 24.3 Å². The summed E-state index contributed by atoms with van der Waals surface area (Å²) in [6.07, 6.45) is 4.98. The van der Waals surface area contributed by atoms with E-state index >= 15 is 0 Å². The van der Waals surface area contributed by atoms with Crippen molar-refractivity contribution in [2.24, 2.45) is 0 Å². The number of likely N-dealkylation sites (N-methyl/N-ethyl adjacent to an activating group) is 1. The van der Waals surface area contributed by atoms with E-state index < -0.39 is 0 Å². The largest absolute Gasteiger partial charge is 0.358 e. The summed E-state index contributed by atoms with van der Waals surface area (Å²) < 4.78 is 0. The van der Waals surface area contributed by atoms with Gasteiger partial charge in [-0.3, -0.25) is 9.59 Å². The molecule has 27 heavy (non-hydrogen) atoms. The number of carbonyl (C=O) groups is 2. The number of nitrogens with zero attached hydrogens (tertiary/aromatic N) is 3. The molecule has 1 aromatic carbocycles. The second-order valence-electron chi connectivity index (χ2n) is 6.63. The fraction of sp³-hybridized carbons (Fsp3) is 0.400. The van der Waals surface area contributed by atoms with Gasteiger partial charge in [0.1, 0.15) is 12.9 Å². The molecule has 0 aliphatic heterocycles. The fourth-order valence-corrected chi connectivity index (χ4v) is 3.47. The zero-order valence-electron chi connectivity index (χ0n) is 16.4. The summed E-state index contributed by atoms with van der Waals surface area (Å²) >= 11 is 1.63. The van der Waals surface area contributed by atoms with Crippen LogP contribution in [0.2, 0.25) is 0 Å². The van der Waals surface area contributed by atoms with E-state index in [1.54, 1.807) is 23.7 Å². The number of carbonyl (C=O) groups excluding carboxylic acids is 2. The van der Waals surface area contributed by atoms with Gasteiger partial charge >= 0.3 is 0 Å². The van der Waals surface area contributed by atoms with E-state index in [4.69, 9.17) is 0 Å². The molecule has 0 aliphatic rings. The Hall–Kier alpha value is -2.41. The van der Waals surface area contributed by atoms with Gasteiger partial charge in [-0.2, -0.15) is 0 Å². The van der Waals surface area contributed by atoms with Crippen LogP contribution in [0.25, 0.3) is 0 Å². The van der Waals surface area contributed by atoms with Crippen molar-refractivity contribution < 1.29 is 9.59 Å². The van der Waals surface area contributed by atoms with Crippen LogP contribution in [0.4, 0.5) is 0 Å². The van der Waals surface area contributed by atoms with Crippen molar-refractivity contribution in [3.05, 3.63) is 53.1 Å². The maximum atomic E-state index is 13.3. The maximum Gasteiger partial charge on any atom is 0.258 e. The van der Waals surface area contributed by atoms with Crippen LogP contribution in [-0.2, 0) is 11.3 Å². The van der Waals surface area contributed by atoms with Gasteiger partial charge in [0.05, 0.1) is 11.3 Å². The van der Waals surface area contributed by atoms with Crippen molar-refractivity contribution in [1.82, 2.24) is 20.2 Å². The van der Waals surface area contributed by atoms with E-state index in [0.717, 1.165) is 16.0 Å². The van der Waals surface area contributed by atoms with Gasteiger partial charge in [-0.15, -0.1) is 11.8 Å². The average Bonchev–Trinajstić information content (AvgIpc) is 2.67. The van der Waals surface area contributed by atoms with Crippen LogP contribution in [0.15, 0.2) is 35.6 Å². The van der Waals surface area contributed by atoms with Crippen molar-refractivity contribution in [1.29, 1.82) is 0 Å². The molecule has 0 spiro atoms. The molecule has 0 bridgehead atoms. The highest BCUT2D eigenvalue weighted by atomic mass is 32.2. The van der Waals surface area contributed by atoms with Crippen LogP contribution in [0.5, 0.6) is 0 Å². The molecule has 1 aromatic heterocycles. The molecule has 0 saturated heterocycles. The highest BCUT2D eigenvalue weighted by Crippen LogP contribution is 2.24. The number of benzene rings is 1. The maximum absolute atomic E-state index is 13.3. The van der Waals surface area contributed by atoms with Crippen molar-refractivity contribution in [2.45, 2.75) is 38.1 Å². The van der Waals surface area contributed by atoms with Crippen LogP contribution in [0.1, 0.15) is 46.9 Å². The Morgan fingerprint density at radius 3 is 2.67 bits per heavy atom. The Bertz CT molecular complexity index is 823. The van der Waals surface area contributed by atoms with E-state index in [0.29, 0.717) is 17.8 Å². The Morgan fingerprint density at radius 1 is 1.30 bits per heavy atom. The van der Waals surface area contributed by atoms with Gasteiger partial charge in [0.2, 0.25) is 5.91 Å². The molecule has 0 radical (unpaired) electrons. The van der Waals surface area contributed by atoms with Gasteiger partial charge in [0.25, 0.3) is 5.91 Å². The SMILES string of the molecule is CNC(=O)CN(Cc1ccc(C)cc1SC)C(=O)c1cncnc1C(C)C. The number of hydrogen-bond acceptors (Lipinski definition) is 5. The average molecular weight is 387 g/mol. The van der Waals surface area contributed by atoms with Gasteiger partial charge in [-0.05, 0) is 36.3 Å². The Morgan fingerprint density at radius 2 is 2.04 bits per heavy atom. The molecule has 1 N–H and O–H groups in total. The number of hydrogen-bond donors (Lipinski definition) is 1. The molecule has 144 valence electrons. The molecule has 0 saturated carbocycles. The lowest BCUT2D eigenvalue weighted by molar-refractivity contribution is -0.121. The van der Waals surface area contributed by atoms with E-state index in [9.17, 15) is 9.59 Å². The molecule has 0 aliphatic carbocycles. The Kier molecular flexibility index (Phi) is 7.36. The smallest absolute Gasteiger partial charge is 0.258 e. The molecular weight excluding hydrogens is 360 g/mol. The summed E-state index contributed by atoms with van der Waals surface area (Å²) in [5.41, 5.74) is 3.29. The summed E-state index contributed by atoms with van der Waals surface area (Å²) in [6, 6.07) is 6.12. The van der Waals surface area contributed by atoms with Crippen LogP contribution >= 0.6 is 11.8 Å². The molecule has 2 amide bonds. The first-order chi connectivity index (χ1) is 12.9. The van der Waals surface area contributed by atoms with Crippen LogP contribution in [0.3, 0.4) is 0 Å². The van der Waals surface area contributed by atoms with Gasteiger partial charge < -0.3 is 10.2 Å². The number of aryl methyl sites for hydroxylation is 1. The second-order valence-corrected chi connectivity index (χ2v) is 7.47. The summed E-state index contributed by atoms with van der Waals surface area (Å²) in [5.74, 6) is -0.380. The molecule has 6 nitrogen and oxygen atoms in total. The van der Waals surface area contributed by atoms with Crippen molar-refractivity contribution in [3.63, 3.8) is 0 Å². The minimum absolute atomic E-state index is 0.0243. The first kappa shape index (κ1) is 20.9. The van der Waals surface area contributed by atoms with Crippen molar-refractivity contribution in [3.8, 4) is 0 Å². The van der Waals surface area contributed by atoms with E-state index in [1.165, 1.54) is 12.5 Å². The molecular formula is C20H26N4O2S. The summed E-state index contributed by atoms with van der Waals surface area (Å²) in [6.45, 7) is 6.31. The zero-order valence-corrected chi connectivity index (χ0v) is 17.3. The van der Waals surface area contributed by atoms with Gasteiger partial charge in [0.15, 0.2) is 0 Å². The summed E-state index contributed by atoms with van der Waals surface area (Å²) in [4.78, 5) is 36.2. The number of rotatable bonds is 7. The highest BCUT2D eigenvalue weighted by molar-refractivity contribution is 7.98. The van der Waals surface area contributed by atoms with Crippen LogP contribution in [-0.4, -0.2) is 46.5 Å². The van der Waals surface area contributed by atoms with Crippen molar-refractivity contribution >= 4 is 23.6 Å². The second kappa shape index (κ2) is 9.50. The van der Waals surface area contributed by atoms with Crippen molar-refractivity contribution in [2.75, 3.05) is 19.8 Å². The lowest BCUT2D eigenvalue weighted by Gasteiger charge is -2.24. The Labute approximate surface area is 164 Å². The highest BCUT2D eigenvalue weighted by Gasteiger charge is 2.24. The first-order valence-electron chi connectivity index (χ1n) is 8.80. The van der Waals surface area contributed by atoms with Crippen LogP contribution < -0.4 is 5.32 Å². The van der Waals surface area contributed by atoms with E-state index in [1.807, 2.05) is 39.2 Å². The van der Waals surface area contributed by atoms with Gasteiger partial charge in [-0.25, -0.2) is 9.97 Å². The number of thioether (sulfide) groups is 1. The summed E-state index contributed by atoms with van der Waals surface area (Å²) in [5, 5.41) is 2.59. The molecule has 0 fully saturated rings. The van der Waals surface area contributed by atoms with Gasteiger partial charge in [-0.1, -0.05) is 26.0 Å². The quantitative estimate of drug-likeness (QED) is 0.741. The Balaban J connectivity index is 2.40. The summed E-state index contributed by atoms with van der Waals surface area (Å²) in [7, 11) is 1.56. The minimum atomic E-state index is -0.240. The third kappa shape index (κ3) is 5.29. The molecule has 0 unspecified atom stereocenters. The normalized spacial score (nSPS) is 10.7. The molecule has 7 heteroatoms. The third-order valence-corrected chi connectivity index (χ3v) is 5.04. The van der Waals surface area contributed by atoms with Crippen LogP contribution in [0, 0.1) is 6.92 Å². The number of aromatic nitrogens is 2.